The van der Waals surface area contributed by atoms with Gasteiger partial charge >= 0.3 is 5.45 Å². The number of hydrogen-bond donors (Lipinski definition) is 0. The van der Waals surface area contributed by atoms with Gasteiger partial charge in [-0.15, -0.1) is 0 Å². The Kier molecular flexibility index (Phi) is 5.70. The highest BCUT2D eigenvalue weighted by Gasteiger charge is 2.34. The number of carbonyl (C=O) groups is 1. The van der Waals surface area contributed by atoms with Crippen LogP contribution in [-0.4, -0.2) is 23.1 Å². The predicted octanol–water partition coefficient (Wildman–Crippen LogP) is 3.64. The van der Waals surface area contributed by atoms with Crippen molar-refractivity contribution in [3.8, 4) is 5.75 Å². The standard InChI is InChI=1S/C21H17N2O2P/c1-25-17-14-12-16(13-15-17)20(24)21(23-22)26(18-8-4-2-5-9-18)19-10-6-3-7-11-19/h2-15H,1H3. The third kappa shape index (κ3) is 3.78. The van der Waals surface area contributed by atoms with Gasteiger partial charge in [0.15, 0.2) is 0 Å². The molecule has 0 bridgehead atoms. The second-order valence-electron chi connectivity index (χ2n) is 5.49. The lowest BCUT2D eigenvalue weighted by molar-refractivity contribution is -0.00108. The summed E-state index contributed by atoms with van der Waals surface area (Å²) in [4.78, 5) is 16.5. The van der Waals surface area contributed by atoms with E-state index in [1.54, 1.807) is 31.4 Å². The number of carbonyl (C=O) groups excluding carboxylic acids is 1. The summed E-state index contributed by atoms with van der Waals surface area (Å²) < 4.78 is 5.13. The van der Waals surface area contributed by atoms with Gasteiger partial charge < -0.3 is 10.3 Å². The first-order valence-electron chi connectivity index (χ1n) is 8.05. The van der Waals surface area contributed by atoms with E-state index in [-0.39, 0.29) is 11.2 Å². The molecule has 0 radical (unpaired) electrons. The molecule has 0 unspecified atom stereocenters. The van der Waals surface area contributed by atoms with Crippen LogP contribution < -0.4 is 15.3 Å². The van der Waals surface area contributed by atoms with Gasteiger partial charge in [-0.05, 0) is 34.9 Å². The molecule has 0 atom stereocenters. The van der Waals surface area contributed by atoms with E-state index < -0.39 is 7.92 Å². The Balaban J connectivity index is 2.06. The van der Waals surface area contributed by atoms with E-state index in [9.17, 15) is 10.3 Å². The van der Waals surface area contributed by atoms with E-state index in [1.807, 2.05) is 60.7 Å². The van der Waals surface area contributed by atoms with Crippen molar-refractivity contribution in [2.45, 2.75) is 0 Å². The van der Waals surface area contributed by atoms with Crippen LogP contribution in [0.15, 0.2) is 84.9 Å². The minimum absolute atomic E-state index is 0.141. The number of nitrogens with zero attached hydrogens (tertiary/aromatic N) is 2. The fourth-order valence-corrected chi connectivity index (χ4v) is 4.76. The average molecular weight is 360 g/mol. The molecular weight excluding hydrogens is 343 g/mol. The van der Waals surface area contributed by atoms with Gasteiger partial charge in [-0.1, -0.05) is 60.7 Å². The van der Waals surface area contributed by atoms with Crippen molar-refractivity contribution in [1.82, 2.24) is 0 Å². The fourth-order valence-electron chi connectivity index (χ4n) is 2.61. The SMILES string of the molecule is COc1ccc(C(=O)C(=[N+]=[N-])P(c2ccccc2)c2ccccc2)cc1. The van der Waals surface area contributed by atoms with Gasteiger partial charge in [0, 0.05) is 5.56 Å². The summed E-state index contributed by atoms with van der Waals surface area (Å²) in [6, 6.07) is 26.1. The number of methoxy groups -OCH3 is 1. The molecule has 5 heteroatoms. The van der Waals surface area contributed by atoms with Crippen molar-refractivity contribution in [2.24, 2.45) is 0 Å². The molecule has 4 nitrogen and oxygen atoms in total. The quantitative estimate of drug-likeness (QED) is 0.221. The first-order valence-corrected chi connectivity index (χ1v) is 9.40. The summed E-state index contributed by atoms with van der Waals surface area (Å²) in [5.41, 5.74) is 10.3. The van der Waals surface area contributed by atoms with Crippen LogP contribution in [0.3, 0.4) is 0 Å². The van der Waals surface area contributed by atoms with Crippen LogP contribution in [0.1, 0.15) is 10.4 Å². The van der Waals surface area contributed by atoms with E-state index in [4.69, 9.17) is 4.74 Å². The second kappa shape index (κ2) is 8.35. The maximum atomic E-state index is 13.0. The Morgan fingerprint density at radius 3 is 1.77 bits per heavy atom. The van der Waals surface area contributed by atoms with Crippen LogP contribution in [0.25, 0.3) is 5.53 Å². The van der Waals surface area contributed by atoms with Crippen LogP contribution in [0.2, 0.25) is 0 Å². The summed E-state index contributed by atoms with van der Waals surface area (Å²) in [5.74, 6) is 0.367. The van der Waals surface area contributed by atoms with Crippen LogP contribution in [0.4, 0.5) is 0 Å². The number of hydrogen-bond acceptors (Lipinski definition) is 2. The zero-order valence-corrected chi connectivity index (χ0v) is 15.1. The third-order valence-electron chi connectivity index (χ3n) is 3.89. The molecule has 128 valence electrons. The van der Waals surface area contributed by atoms with Gasteiger partial charge in [0.25, 0.3) is 5.78 Å². The molecule has 3 aromatic rings. The smallest absolute Gasteiger partial charge is 0.366 e. The van der Waals surface area contributed by atoms with Crippen molar-refractivity contribution in [2.75, 3.05) is 7.11 Å². The van der Waals surface area contributed by atoms with Gasteiger partial charge in [0.2, 0.25) is 0 Å². The molecule has 0 fully saturated rings. The van der Waals surface area contributed by atoms with E-state index in [2.05, 4.69) is 4.79 Å². The minimum atomic E-state index is -1.27. The van der Waals surface area contributed by atoms with Gasteiger partial charge in [0.05, 0.1) is 15.0 Å². The van der Waals surface area contributed by atoms with Crippen LogP contribution in [0, 0.1) is 0 Å². The van der Waals surface area contributed by atoms with Crippen LogP contribution >= 0.6 is 7.92 Å². The molecule has 3 rings (SSSR count). The Bertz CT molecular complexity index is 895. The number of Topliss-reactive ketones (excluding diaryl/α,β-unsaturated/α-hetero) is 1. The molecule has 0 saturated heterocycles. The first kappa shape index (κ1) is 17.8. The highest BCUT2D eigenvalue weighted by molar-refractivity contribution is 7.90. The second-order valence-corrected chi connectivity index (χ2v) is 7.61. The first-order chi connectivity index (χ1) is 12.7. The summed E-state index contributed by atoms with van der Waals surface area (Å²) in [5, 5.41) is 1.90. The van der Waals surface area contributed by atoms with E-state index in [0.717, 1.165) is 10.6 Å². The topological polar surface area (TPSA) is 62.7 Å². The Morgan fingerprint density at radius 2 is 1.35 bits per heavy atom. The molecule has 0 aromatic heterocycles. The molecule has 0 saturated carbocycles. The van der Waals surface area contributed by atoms with Crippen LogP contribution in [-0.2, 0) is 0 Å². The van der Waals surface area contributed by atoms with Crippen molar-refractivity contribution in [3.05, 3.63) is 96.0 Å². The van der Waals surface area contributed by atoms with Crippen LogP contribution in [0.5, 0.6) is 5.75 Å². The lowest BCUT2D eigenvalue weighted by Crippen LogP contribution is -2.25. The van der Waals surface area contributed by atoms with E-state index >= 15 is 0 Å². The number of rotatable bonds is 6. The monoisotopic (exact) mass is 360 g/mol. The molecule has 0 aliphatic carbocycles. The number of benzene rings is 3. The van der Waals surface area contributed by atoms with Gasteiger partial charge in [-0.2, -0.15) is 4.79 Å². The molecule has 0 heterocycles. The normalized spacial score (nSPS) is 10.2. The summed E-state index contributed by atoms with van der Waals surface area (Å²) in [7, 11) is 0.301. The van der Waals surface area contributed by atoms with Crippen molar-refractivity contribution in [3.63, 3.8) is 0 Å². The lowest BCUT2D eigenvalue weighted by atomic mass is 10.1. The Morgan fingerprint density at radius 1 is 0.846 bits per heavy atom. The Hall–Kier alpha value is -3.06. The van der Waals surface area contributed by atoms with Crippen molar-refractivity contribution >= 4 is 29.8 Å². The highest BCUT2D eigenvalue weighted by Crippen LogP contribution is 2.36. The maximum absolute atomic E-state index is 13.0. The summed E-state index contributed by atoms with van der Waals surface area (Å²) in [6.07, 6.45) is 0. The predicted molar refractivity (Wildman–Crippen MR) is 105 cm³/mol. The molecule has 0 N–H and O–H groups in total. The fraction of sp³-hybridized carbons (Fsp3) is 0.0476. The molecule has 26 heavy (non-hydrogen) atoms. The van der Waals surface area contributed by atoms with Gasteiger partial charge in [-0.25, -0.2) is 0 Å². The molecule has 0 aliphatic heterocycles. The summed E-state index contributed by atoms with van der Waals surface area (Å²) >= 11 is 0. The lowest BCUT2D eigenvalue weighted by Gasteiger charge is -2.13. The van der Waals surface area contributed by atoms with Crippen molar-refractivity contribution < 1.29 is 14.3 Å². The largest absolute Gasteiger partial charge is 0.497 e. The summed E-state index contributed by atoms with van der Waals surface area (Å²) in [6.45, 7) is 0. The number of ketones is 1. The number of ether oxygens (including phenoxy) is 1. The molecule has 0 amide bonds. The van der Waals surface area contributed by atoms with E-state index in [0.29, 0.717) is 11.3 Å². The molecular formula is C21H17N2O2P. The zero-order chi connectivity index (χ0) is 18.4. The highest BCUT2D eigenvalue weighted by atomic mass is 31.1. The van der Waals surface area contributed by atoms with Crippen molar-refractivity contribution in [1.29, 1.82) is 0 Å². The average Bonchev–Trinajstić information content (AvgIpc) is 2.72. The van der Waals surface area contributed by atoms with Gasteiger partial charge in [0.1, 0.15) is 5.75 Å². The maximum Gasteiger partial charge on any atom is 0.366 e. The minimum Gasteiger partial charge on any atom is -0.497 e. The van der Waals surface area contributed by atoms with Gasteiger partial charge in [-0.3, -0.25) is 4.79 Å². The third-order valence-corrected chi connectivity index (χ3v) is 6.24. The molecule has 3 aromatic carbocycles. The molecule has 0 spiro atoms. The Labute approximate surface area is 153 Å². The van der Waals surface area contributed by atoms with E-state index in [1.165, 1.54) is 0 Å². The zero-order valence-electron chi connectivity index (χ0n) is 14.2. The molecule has 0 aliphatic rings.